The van der Waals surface area contributed by atoms with E-state index in [1.165, 1.54) is 18.2 Å². The number of nitrogens with one attached hydrogen (secondary N) is 1. The minimum absolute atomic E-state index is 0. The second-order valence-corrected chi connectivity index (χ2v) is 6.74. The van der Waals surface area contributed by atoms with Gasteiger partial charge in [0.15, 0.2) is 0 Å². The number of carbonyl (C=O) groups excluding carboxylic acids is 1. The van der Waals surface area contributed by atoms with Crippen LogP contribution in [0.15, 0.2) is 71.6 Å². The third-order valence-electron chi connectivity index (χ3n) is 3.56. The first-order chi connectivity index (χ1) is 11.9. The van der Waals surface area contributed by atoms with Crippen molar-refractivity contribution in [3.8, 4) is 0 Å². The van der Waals surface area contributed by atoms with Gasteiger partial charge in [-0.3, -0.25) is 5.32 Å². The Labute approximate surface area is 173 Å². The molecule has 0 radical (unpaired) electrons. The van der Waals surface area contributed by atoms with Gasteiger partial charge in [0.25, 0.3) is 0 Å². The maximum Gasteiger partial charge on any atom is 1.00 e. The van der Waals surface area contributed by atoms with Crippen molar-refractivity contribution in [3.63, 3.8) is 0 Å². The Morgan fingerprint density at radius 1 is 0.962 bits per heavy atom. The van der Waals surface area contributed by atoms with Crippen LogP contribution in [0.4, 0.5) is 10.5 Å². The number of amides is 1. The van der Waals surface area contributed by atoms with Crippen LogP contribution in [0.5, 0.6) is 0 Å². The van der Waals surface area contributed by atoms with Gasteiger partial charge >= 0.3 is 35.7 Å². The van der Waals surface area contributed by atoms with E-state index in [9.17, 15) is 17.8 Å². The number of ether oxygens (including phenoxy) is 1. The predicted molar refractivity (Wildman–Crippen MR) is 92.2 cm³/mol. The molecule has 8 heteroatoms. The number of rotatable bonds is 4. The Morgan fingerprint density at radius 3 is 2.31 bits per heavy atom. The Balaban J connectivity index is 0.00000243. The normalized spacial score (nSPS) is 10.8. The molecular formula is C18H14NNaO5S. The van der Waals surface area contributed by atoms with Gasteiger partial charge in [0.05, 0.1) is 4.90 Å². The van der Waals surface area contributed by atoms with Crippen LogP contribution in [-0.2, 0) is 21.5 Å². The van der Waals surface area contributed by atoms with Crippen LogP contribution in [0.25, 0.3) is 10.8 Å². The van der Waals surface area contributed by atoms with Gasteiger partial charge in [-0.1, -0.05) is 42.5 Å². The van der Waals surface area contributed by atoms with Crippen molar-refractivity contribution >= 4 is 32.7 Å². The molecule has 0 aliphatic rings. The number of carbonyl (C=O) groups is 1. The molecule has 0 aliphatic heterocycles. The Bertz CT molecular complexity index is 1020. The minimum Gasteiger partial charge on any atom is -0.744 e. The molecule has 0 aliphatic carbocycles. The van der Waals surface area contributed by atoms with Gasteiger partial charge in [-0.05, 0) is 40.6 Å². The molecule has 3 aromatic carbocycles. The Hall–Kier alpha value is -1.90. The monoisotopic (exact) mass is 379 g/mol. The molecule has 6 nitrogen and oxygen atoms in total. The van der Waals surface area contributed by atoms with Crippen molar-refractivity contribution in [2.45, 2.75) is 11.5 Å². The van der Waals surface area contributed by atoms with Crippen LogP contribution >= 0.6 is 0 Å². The first kappa shape index (κ1) is 20.4. The third-order valence-corrected chi connectivity index (χ3v) is 4.39. The molecule has 0 saturated heterocycles. The maximum absolute atomic E-state index is 11.9. The van der Waals surface area contributed by atoms with E-state index >= 15 is 0 Å². The molecule has 0 atom stereocenters. The smallest absolute Gasteiger partial charge is 0.744 e. The number of benzene rings is 3. The van der Waals surface area contributed by atoms with Crippen LogP contribution in [0, 0.1) is 0 Å². The molecule has 3 aromatic rings. The summed E-state index contributed by atoms with van der Waals surface area (Å²) in [6.07, 6.45) is -0.595. The average molecular weight is 379 g/mol. The van der Waals surface area contributed by atoms with Gasteiger partial charge in [0.1, 0.15) is 16.7 Å². The van der Waals surface area contributed by atoms with Crippen molar-refractivity contribution in [1.82, 2.24) is 0 Å². The summed E-state index contributed by atoms with van der Waals surface area (Å²) in [6.45, 7) is 0.158. The molecule has 0 aromatic heterocycles. The van der Waals surface area contributed by atoms with E-state index < -0.39 is 16.2 Å². The van der Waals surface area contributed by atoms with Crippen molar-refractivity contribution in [3.05, 3.63) is 72.3 Å². The van der Waals surface area contributed by atoms with Gasteiger partial charge in [0, 0.05) is 5.69 Å². The molecule has 0 unspecified atom stereocenters. The first-order valence-electron chi connectivity index (χ1n) is 7.39. The van der Waals surface area contributed by atoms with Gasteiger partial charge in [0.2, 0.25) is 0 Å². The van der Waals surface area contributed by atoms with E-state index in [-0.39, 0.29) is 41.1 Å². The fraction of sp³-hybridized carbons (Fsp3) is 0.0556. The van der Waals surface area contributed by atoms with Crippen molar-refractivity contribution in [2.24, 2.45) is 0 Å². The van der Waals surface area contributed by atoms with E-state index in [0.29, 0.717) is 16.5 Å². The Morgan fingerprint density at radius 2 is 1.62 bits per heavy atom. The van der Waals surface area contributed by atoms with Crippen LogP contribution in [0.3, 0.4) is 0 Å². The predicted octanol–water partition coefficient (Wildman–Crippen LogP) is 0.497. The number of fused-ring (bicyclic) bond motifs is 1. The molecule has 26 heavy (non-hydrogen) atoms. The average Bonchev–Trinajstić information content (AvgIpc) is 2.59. The van der Waals surface area contributed by atoms with Crippen LogP contribution in [0.2, 0.25) is 0 Å². The maximum atomic E-state index is 11.9. The fourth-order valence-corrected chi connectivity index (χ4v) is 2.84. The summed E-state index contributed by atoms with van der Waals surface area (Å²) in [4.78, 5) is 11.6. The SMILES string of the molecule is O=C(Nc1ccc2cc(S(=O)(=O)[O-])ccc2c1)OCc1ccccc1.[Na+]. The zero-order chi connectivity index (χ0) is 17.9. The standard InChI is InChI=1S/C18H15NO5S.Na/c20-18(24-12-13-4-2-1-3-5-13)19-16-8-6-15-11-17(25(21,22)23)9-7-14(15)10-16;/h1-11H,12H2,(H,19,20)(H,21,22,23);/q;+1/p-1. The number of hydrogen-bond donors (Lipinski definition) is 1. The summed E-state index contributed by atoms with van der Waals surface area (Å²) < 4.78 is 38.3. The van der Waals surface area contributed by atoms with E-state index in [4.69, 9.17) is 4.74 Å². The van der Waals surface area contributed by atoms with Crippen molar-refractivity contribution in [1.29, 1.82) is 0 Å². The molecule has 3 rings (SSSR count). The van der Waals surface area contributed by atoms with Crippen LogP contribution in [-0.4, -0.2) is 19.1 Å². The second-order valence-electron chi connectivity index (χ2n) is 5.36. The quantitative estimate of drug-likeness (QED) is 0.526. The summed E-state index contributed by atoms with van der Waals surface area (Å²) in [7, 11) is -4.50. The van der Waals surface area contributed by atoms with Gasteiger partial charge < -0.3 is 9.29 Å². The molecule has 1 amide bonds. The topological polar surface area (TPSA) is 95.5 Å². The fourth-order valence-electron chi connectivity index (χ4n) is 2.33. The van der Waals surface area contributed by atoms with Gasteiger partial charge in [-0.15, -0.1) is 0 Å². The Kier molecular flexibility index (Phi) is 6.80. The zero-order valence-electron chi connectivity index (χ0n) is 14.0. The van der Waals surface area contributed by atoms with E-state index in [0.717, 1.165) is 5.56 Å². The molecule has 0 spiro atoms. The van der Waals surface area contributed by atoms with Crippen LogP contribution in [0.1, 0.15) is 5.56 Å². The summed E-state index contributed by atoms with van der Waals surface area (Å²) in [6, 6.07) is 18.2. The largest absolute Gasteiger partial charge is 1.00 e. The summed E-state index contributed by atoms with van der Waals surface area (Å²) >= 11 is 0. The minimum atomic E-state index is -4.50. The number of hydrogen-bond acceptors (Lipinski definition) is 5. The summed E-state index contributed by atoms with van der Waals surface area (Å²) in [5.41, 5.74) is 1.38. The van der Waals surface area contributed by atoms with Crippen molar-refractivity contribution < 1.29 is 52.1 Å². The van der Waals surface area contributed by atoms with E-state index in [1.54, 1.807) is 18.2 Å². The molecular weight excluding hydrogens is 365 g/mol. The van der Waals surface area contributed by atoms with Crippen LogP contribution < -0.4 is 34.9 Å². The molecule has 1 N–H and O–H groups in total. The first-order valence-corrected chi connectivity index (χ1v) is 8.80. The summed E-state index contributed by atoms with van der Waals surface area (Å²) in [5.74, 6) is 0. The molecule has 0 heterocycles. The third kappa shape index (κ3) is 5.30. The summed E-state index contributed by atoms with van der Waals surface area (Å²) in [5, 5.41) is 3.88. The molecule has 0 bridgehead atoms. The second kappa shape index (κ2) is 8.66. The van der Waals surface area contributed by atoms with Gasteiger partial charge in [-0.25, -0.2) is 13.2 Å². The zero-order valence-corrected chi connectivity index (χ0v) is 16.8. The number of anilines is 1. The van der Waals surface area contributed by atoms with E-state index in [2.05, 4.69) is 5.32 Å². The van der Waals surface area contributed by atoms with Gasteiger partial charge in [-0.2, -0.15) is 0 Å². The molecule has 0 saturated carbocycles. The van der Waals surface area contributed by atoms with Crippen molar-refractivity contribution in [2.75, 3.05) is 5.32 Å². The molecule has 0 fully saturated rings. The van der Waals surface area contributed by atoms with E-state index in [1.807, 2.05) is 30.3 Å². The molecule has 128 valence electrons.